The number of fused-ring (bicyclic) bond motifs is 2. The third-order valence-electron chi connectivity index (χ3n) is 8.29. The van der Waals surface area contributed by atoms with Gasteiger partial charge in [-0.3, -0.25) is 0 Å². The summed E-state index contributed by atoms with van der Waals surface area (Å²) in [4.78, 5) is 0. The van der Waals surface area contributed by atoms with Crippen LogP contribution in [0, 0.1) is 0 Å². The fourth-order valence-electron chi connectivity index (χ4n) is 5.81. The maximum atomic E-state index is 6.40. The van der Waals surface area contributed by atoms with Gasteiger partial charge < -0.3 is 4.74 Å². The lowest BCUT2D eigenvalue weighted by molar-refractivity contribution is 0.417. The Morgan fingerprint density at radius 3 is 1.25 bits per heavy atom. The molecule has 0 amide bonds. The lowest BCUT2D eigenvalue weighted by atomic mass is 9.74. The summed E-state index contributed by atoms with van der Waals surface area (Å²) in [6, 6.07) is 13.9. The second kappa shape index (κ2) is 15.5. The van der Waals surface area contributed by atoms with Gasteiger partial charge in [0.05, 0.1) is 0 Å². The Hall–Kier alpha value is -1.76. The molecule has 0 spiro atoms. The van der Waals surface area contributed by atoms with Crippen molar-refractivity contribution in [3.63, 3.8) is 0 Å². The summed E-state index contributed by atoms with van der Waals surface area (Å²) in [7, 11) is 0. The first kappa shape index (κ1) is 28.8. The van der Waals surface area contributed by atoms with E-state index in [4.69, 9.17) is 4.74 Å². The fourth-order valence-corrected chi connectivity index (χ4v) is 5.81. The van der Waals surface area contributed by atoms with Crippen LogP contribution in [0.3, 0.4) is 0 Å². The third kappa shape index (κ3) is 8.67. The van der Waals surface area contributed by atoms with Gasteiger partial charge in [-0.1, -0.05) is 142 Å². The summed E-state index contributed by atoms with van der Waals surface area (Å²) < 4.78 is 6.40. The van der Waals surface area contributed by atoms with Crippen LogP contribution in [0.25, 0.3) is 0 Å². The molecule has 0 unspecified atom stereocenters. The average molecular weight is 491 g/mol. The van der Waals surface area contributed by atoms with E-state index >= 15 is 0 Å². The minimum absolute atomic E-state index is 0.0203. The Kier molecular flexibility index (Phi) is 12.4. The molecule has 0 radical (unpaired) electrons. The van der Waals surface area contributed by atoms with Crippen LogP contribution >= 0.6 is 0 Å². The molecular formula is C35H54O. The number of ether oxygens (including phenoxy) is 1. The van der Waals surface area contributed by atoms with E-state index < -0.39 is 0 Å². The van der Waals surface area contributed by atoms with Crippen molar-refractivity contribution in [2.24, 2.45) is 0 Å². The van der Waals surface area contributed by atoms with Gasteiger partial charge in [0.2, 0.25) is 0 Å². The second-order valence-corrected chi connectivity index (χ2v) is 11.8. The number of benzene rings is 2. The molecule has 2 aromatic rings. The summed E-state index contributed by atoms with van der Waals surface area (Å²) in [6.07, 6.45) is 24.4. The van der Waals surface area contributed by atoms with Gasteiger partial charge in [0.1, 0.15) is 11.5 Å². The van der Waals surface area contributed by atoms with E-state index in [0.717, 1.165) is 11.5 Å². The van der Waals surface area contributed by atoms with Crippen LogP contribution in [0.1, 0.15) is 153 Å². The SMILES string of the molecule is CCCCCCCCCCc1ccc2c(c1)C(C)(C)c1cc(CCCCCCCCCC)ccc1O2. The van der Waals surface area contributed by atoms with Gasteiger partial charge in [0.15, 0.2) is 0 Å². The maximum Gasteiger partial charge on any atom is 0.131 e. The largest absolute Gasteiger partial charge is 0.457 e. The minimum atomic E-state index is -0.0203. The molecule has 0 atom stereocenters. The zero-order valence-corrected chi connectivity index (χ0v) is 24.1. The van der Waals surface area contributed by atoms with E-state index in [2.05, 4.69) is 64.1 Å². The van der Waals surface area contributed by atoms with Crippen LogP contribution in [0.15, 0.2) is 36.4 Å². The summed E-state index contributed by atoms with van der Waals surface area (Å²) in [6.45, 7) is 9.35. The molecule has 1 nitrogen and oxygen atoms in total. The molecule has 0 N–H and O–H groups in total. The Morgan fingerprint density at radius 2 is 0.861 bits per heavy atom. The normalized spacial score (nSPS) is 13.8. The maximum absolute atomic E-state index is 6.40. The molecular weight excluding hydrogens is 436 g/mol. The fraction of sp³-hybridized carbons (Fsp3) is 0.657. The van der Waals surface area contributed by atoms with Crippen LogP contribution in [-0.4, -0.2) is 0 Å². The van der Waals surface area contributed by atoms with Gasteiger partial charge in [-0.2, -0.15) is 0 Å². The Balaban J connectivity index is 1.51. The molecule has 1 aliphatic heterocycles. The van der Waals surface area contributed by atoms with Crippen molar-refractivity contribution in [2.75, 3.05) is 0 Å². The molecule has 0 fully saturated rings. The average Bonchev–Trinajstić information content (AvgIpc) is 2.88. The topological polar surface area (TPSA) is 9.23 Å². The van der Waals surface area contributed by atoms with Crippen molar-refractivity contribution in [2.45, 2.75) is 149 Å². The highest BCUT2D eigenvalue weighted by atomic mass is 16.5. The number of hydrogen-bond acceptors (Lipinski definition) is 1. The molecule has 2 aromatic carbocycles. The highest BCUT2D eigenvalue weighted by Crippen LogP contribution is 2.48. The molecule has 200 valence electrons. The lowest BCUT2D eigenvalue weighted by Crippen LogP contribution is -2.24. The molecule has 1 heterocycles. The molecule has 0 aromatic heterocycles. The summed E-state index contributed by atoms with van der Waals surface area (Å²) in [5, 5.41) is 0. The number of unbranched alkanes of at least 4 members (excludes halogenated alkanes) is 14. The zero-order chi connectivity index (χ0) is 25.6. The molecule has 1 aliphatic rings. The highest BCUT2D eigenvalue weighted by Gasteiger charge is 2.34. The quantitative estimate of drug-likeness (QED) is 0.189. The first-order valence-corrected chi connectivity index (χ1v) is 15.5. The molecule has 1 heteroatoms. The van der Waals surface area contributed by atoms with Crippen LogP contribution in [0.2, 0.25) is 0 Å². The lowest BCUT2D eigenvalue weighted by Gasteiger charge is -2.35. The van der Waals surface area contributed by atoms with E-state index in [0.29, 0.717) is 0 Å². The Morgan fingerprint density at radius 1 is 0.500 bits per heavy atom. The van der Waals surface area contributed by atoms with Gasteiger partial charge in [-0.05, 0) is 48.9 Å². The van der Waals surface area contributed by atoms with Gasteiger partial charge in [-0.15, -0.1) is 0 Å². The second-order valence-electron chi connectivity index (χ2n) is 11.8. The number of rotatable bonds is 18. The molecule has 36 heavy (non-hydrogen) atoms. The molecule has 0 saturated carbocycles. The molecule has 0 bridgehead atoms. The highest BCUT2D eigenvalue weighted by molar-refractivity contribution is 5.58. The third-order valence-corrected chi connectivity index (χ3v) is 8.29. The van der Waals surface area contributed by atoms with E-state index in [-0.39, 0.29) is 5.41 Å². The number of hydrogen-bond donors (Lipinski definition) is 0. The van der Waals surface area contributed by atoms with Crippen molar-refractivity contribution >= 4 is 0 Å². The van der Waals surface area contributed by atoms with Crippen molar-refractivity contribution in [3.8, 4) is 11.5 Å². The Bertz CT molecular complexity index is 822. The molecule has 3 rings (SSSR count). The van der Waals surface area contributed by atoms with Gasteiger partial charge in [-0.25, -0.2) is 0 Å². The standard InChI is InChI=1S/C35H54O/c1-5-7-9-11-13-15-17-19-21-29-23-25-33-31(27-29)35(3,4)32-28-30(24-26-34(32)36-33)22-20-18-16-14-12-10-8-6-2/h23-28H,5-22H2,1-4H3. The summed E-state index contributed by atoms with van der Waals surface area (Å²) in [5.74, 6) is 2.09. The van der Waals surface area contributed by atoms with E-state index in [1.165, 1.54) is 138 Å². The van der Waals surface area contributed by atoms with Gasteiger partial charge >= 0.3 is 0 Å². The monoisotopic (exact) mass is 490 g/mol. The van der Waals surface area contributed by atoms with E-state index in [9.17, 15) is 0 Å². The minimum Gasteiger partial charge on any atom is -0.457 e. The molecule has 0 saturated heterocycles. The van der Waals surface area contributed by atoms with Crippen LogP contribution in [-0.2, 0) is 18.3 Å². The van der Waals surface area contributed by atoms with Crippen LogP contribution in [0.5, 0.6) is 11.5 Å². The zero-order valence-electron chi connectivity index (χ0n) is 24.1. The smallest absolute Gasteiger partial charge is 0.131 e. The molecule has 0 aliphatic carbocycles. The van der Waals surface area contributed by atoms with Gasteiger partial charge in [0.25, 0.3) is 0 Å². The van der Waals surface area contributed by atoms with Crippen molar-refractivity contribution in [3.05, 3.63) is 58.7 Å². The first-order chi connectivity index (χ1) is 17.6. The predicted octanol–water partition coefficient (Wildman–Crippen LogP) is 11.5. The summed E-state index contributed by atoms with van der Waals surface area (Å²) >= 11 is 0. The van der Waals surface area contributed by atoms with Gasteiger partial charge in [0, 0.05) is 16.5 Å². The van der Waals surface area contributed by atoms with Crippen molar-refractivity contribution < 1.29 is 4.74 Å². The predicted molar refractivity (Wildman–Crippen MR) is 158 cm³/mol. The number of aryl methyl sites for hydroxylation is 2. The van der Waals surface area contributed by atoms with Crippen molar-refractivity contribution in [1.29, 1.82) is 0 Å². The van der Waals surface area contributed by atoms with Crippen LogP contribution < -0.4 is 4.74 Å². The van der Waals surface area contributed by atoms with Crippen molar-refractivity contribution in [1.82, 2.24) is 0 Å². The Labute approximate surface area is 223 Å². The summed E-state index contributed by atoms with van der Waals surface area (Å²) in [5.41, 5.74) is 5.63. The van der Waals surface area contributed by atoms with E-state index in [1.54, 1.807) is 0 Å². The first-order valence-electron chi connectivity index (χ1n) is 15.5. The van der Waals surface area contributed by atoms with E-state index in [1.807, 2.05) is 0 Å². The van der Waals surface area contributed by atoms with Crippen LogP contribution in [0.4, 0.5) is 0 Å².